The zero-order valence-corrected chi connectivity index (χ0v) is 18.5. The second-order valence-corrected chi connectivity index (χ2v) is 8.38. The number of ether oxygens (including phenoxy) is 2. The van der Waals surface area contributed by atoms with Crippen LogP contribution in [0.2, 0.25) is 0 Å². The Kier molecular flexibility index (Phi) is 8.46. The summed E-state index contributed by atoms with van der Waals surface area (Å²) >= 11 is 0. The van der Waals surface area contributed by atoms with E-state index in [0.29, 0.717) is 17.8 Å². The topological polar surface area (TPSA) is 72.0 Å². The van der Waals surface area contributed by atoms with Gasteiger partial charge in [0.05, 0.1) is 0 Å². The number of hydrogen-bond acceptors (Lipinski definition) is 4. The van der Waals surface area contributed by atoms with Gasteiger partial charge >= 0.3 is 0 Å². The predicted molar refractivity (Wildman–Crippen MR) is 116 cm³/mol. The van der Waals surface area contributed by atoms with E-state index in [2.05, 4.69) is 15.6 Å². The zero-order chi connectivity index (χ0) is 17.6. The van der Waals surface area contributed by atoms with Gasteiger partial charge in [-0.2, -0.15) is 0 Å². The van der Waals surface area contributed by atoms with Crippen LogP contribution in [0, 0.1) is 0 Å². The summed E-state index contributed by atoms with van der Waals surface area (Å²) < 4.78 is 23.1. The summed E-state index contributed by atoms with van der Waals surface area (Å²) in [6, 6.07) is 6.22. The maximum Gasteiger partial charge on any atom is 0.231 e. The van der Waals surface area contributed by atoms with Crippen LogP contribution in [0.15, 0.2) is 23.2 Å². The summed E-state index contributed by atoms with van der Waals surface area (Å²) in [7, 11) is 1.06. The first-order valence-corrected chi connectivity index (χ1v) is 10.3. The van der Waals surface area contributed by atoms with Gasteiger partial charge in [-0.15, -0.1) is 24.0 Å². The van der Waals surface area contributed by atoms with Crippen LogP contribution in [0.25, 0.3) is 0 Å². The molecule has 1 aromatic carbocycles. The van der Waals surface area contributed by atoms with E-state index < -0.39 is 10.8 Å². The molecule has 2 N–H and O–H groups in total. The molecule has 3 rings (SSSR count). The van der Waals surface area contributed by atoms with E-state index in [4.69, 9.17) is 9.47 Å². The first kappa shape index (κ1) is 21.3. The fraction of sp³-hybridized carbons (Fsp3) is 0.611. The van der Waals surface area contributed by atoms with Crippen LogP contribution in [0.4, 0.5) is 0 Å². The van der Waals surface area contributed by atoms with Crippen molar-refractivity contribution in [1.29, 1.82) is 0 Å². The third-order valence-corrected chi connectivity index (χ3v) is 6.51. The number of guanidine groups is 1. The van der Waals surface area contributed by atoms with Gasteiger partial charge in [0.1, 0.15) is 0 Å². The molecule has 0 saturated heterocycles. The second kappa shape index (κ2) is 10.3. The van der Waals surface area contributed by atoms with Crippen LogP contribution in [-0.4, -0.2) is 41.1 Å². The quantitative estimate of drug-likeness (QED) is 0.375. The van der Waals surface area contributed by atoms with Crippen molar-refractivity contribution >= 4 is 40.7 Å². The van der Waals surface area contributed by atoms with Gasteiger partial charge in [0.15, 0.2) is 17.5 Å². The van der Waals surface area contributed by atoms with Gasteiger partial charge in [0.2, 0.25) is 6.79 Å². The number of fused-ring (bicyclic) bond motifs is 1. The van der Waals surface area contributed by atoms with Crippen LogP contribution in [0.1, 0.15) is 38.2 Å². The smallest absolute Gasteiger partial charge is 0.231 e. The van der Waals surface area contributed by atoms with Crippen molar-refractivity contribution in [2.45, 2.75) is 50.4 Å². The van der Waals surface area contributed by atoms with Gasteiger partial charge < -0.3 is 20.1 Å². The molecule has 1 aliphatic heterocycles. The standard InChI is InChI=1S/C18H27N3O3S.HI/c1-3-25(22)15-8-5-7-14(10-15)21-18(19-2)20-11-13-6-4-9-16-17(13)24-12-23-16;/h4,6,9,14-15H,3,5,7-8,10-12H2,1-2H3,(H2,19,20,21);1H. The molecule has 6 nitrogen and oxygen atoms in total. The number of aliphatic imine (C=N–C) groups is 1. The minimum absolute atomic E-state index is 0. The average Bonchev–Trinajstić information content (AvgIpc) is 3.14. The Hall–Kier alpha value is -1.03. The fourth-order valence-corrected chi connectivity index (χ4v) is 4.80. The summed E-state index contributed by atoms with van der Waals surface area (Å²) in [5.74, 6) is 3.11. The average molecular weight is 493 g/mol. The van der Waals surface area contributed by atoms with E-state index in [1.54, 1.807) is 7.05 Å². The molecule has 1 aromatic rings. The van der Waals surface area contributed by atoms with E-state index in [-0.39, 0.29) is 30.8 Å². The normalized spacial score (nSPS) is 23.1. The lowest BCUT2D eigenvalue weighted by Crippen LogP contribution is -2.46. The fourth-order valence-electron chi connectivity index (χ4n) is 3.45. The molecule has 0 amide bonds. The first-order valence-electron chi connectivity index (χ1n) is 8.93. The van der Waals surface area contributed by atoms with E-state index in [1.807, 2.05) is 25.1 Å². The molecule has 0 spiro atoms. The van der Waals surface area contributed by atoms with Crippen molar-refractivity contribution in [2.24, 2.45) is 4.99 Å². The highest BCUT2D eigenvalue weighted by atomic mass is 127. The number of nitrogens with one attached hydrogen (secondary N) is 2. The van der Waals surface area contributed by atoms with Crippen LogP contribution in [-0.2, 0) is 17.3 Å². The van der Waals surface area contributed by atoms with Crippen molar-refractivity contribution in [1.82, 2.24) is 10.6 Å². The lowest BCUT2D eigenvalue weighted by Gasteiger charge is -2.30. The summed E-state index contributed by atoms with van der Waals surface area (Å²) in [6.07, 6.45) is 4.22. The number of rotatable bonds is 5. The van der Waals surface area contributed by atoms with E-state index >= 15 is 0 Å². The molecule has 0 bridgehead atoms. The van der Waals surface area contributed by atoms with Crippen molar-refractivity contribution in [2.75, 3.05) is 19.6 Å². The van der Waals surface area contributed by atoms with Crippen molar-refractivity contribution in [3.63, 3.8) is 0 Å². The van der Waals surface area contributed by atoms with Crippen molar-refractivity contribution < 1.29 is 13.7 Å². The number of para-hydroxylation sites is 1. The molecular formula is C18H28IN3O3S. The molecule has 0 aromatic heterocycles. The van der Waals surface area contributed by atoms with Crippen LogP contribution >= 0.6 is 24.0 Å². The Balaban J connectivity index is 0.00000243. The van der Waals surface area contributed by atoms with Gasteiger partial charge in [-0.3, -0.25) is 9.20 Å². The summed E-state index contributed by atoms with van der Waals surface area (Å²) in [4.78, 5) is 4.33. The molecule has 1 heterocycles. The van der Waals surface area contributed by atoms with Gasteiger partial charge in [-0.1, -0.05) is 25.5 Å². The zero-order valence-electron chi connectivity index (χ0n) is 15.3. The predicted octanol–water partition coefficient (Wildman–Crippen LogP) is 2.78. The highest BCUT2D eigenvalue weighted by Crippen LogP contribution is 2.35. The third-order valence-electron chi connectivity index (χ3n) is 4.77. The summed E-state index contributed by atoms with van der Waals surface area (Å²) in [5, 5.41) is 7.14. The summed E-state index contributed by atoms with van der Waals surface area (Å²) in [5.41, 5.74) is 1.05. The minimum Gasteiger partial charge on any atom is -0.454 e. The van der Waals surface area contributed by atoms with Crippen LogP contribution in [0.5, 0.6) is 11.5 Å². The monoisotopic (exact) mass is 493 g/mol. The number of nitrogens with zero attached hydrogens (tertiary/aromatic N) is 1. The molecule has 8 heteroatoms. The molecule has 146 valence electrons. The lowest BCUT2D eigenvalue weighted by atomic mass is 9.95. The van der Waals surface area contributed by atoms with E-state index in [9.17, 15) is 4.21 Å². The van der Waals surface area contributed by atoms with Gasteiger partial charge in [-0.25, -0.2) is 0 Å². The third kappa shape index (κ3) is 5.25. The maximum atomic E-state index is 12.1. The SMILES string of the molecule is CCS(=O)C1CCCC(NC(=NC)NCc2cccc3c2OCO3)C1.I. The Morgan fingerprint density at radius 2 is 2.19 bits per heavy atom. The van der Waals surface area contributed by atoms with Gasteiger partial charge in [0.25, 0.3) is 0 Å². The van der Waals surface area contributed by atoms with Gasteiger partial charge in [-0.05, 0) is 25.3 Å². The first-order chi connectivity index (χ1) is 12.2. The lowest BCUT2D eigenvalue weighted by molar-refractivity contribution is 0.173. The highest BCUT2D eigenvalue weighted by molar-refractivity contribution is 14.0. The number of halogens is 1. The Morgan fingerprint density at radius 1 is 1.35 bits per heavy atom. The molecular weight excluding hydrogens is 465 g/mol. The number of benzene rings is 1. The second-order valence-electron chi connectivity index (χ2n) is 6.38. The molecule has 3 atom stereocenters. The van der Waals surface area contributed by atoms with Crippen molar-refractivity contribution in [3.05, 3.63) is 23.8 Å². The van der Waals surface area contributed by atoms with E-state index in [0.717, 1.165) is 54.5 Å². The molecule has 1 fully saturated rings. The summed E-state index contributed by atoms with van der Waals surface area (Å²) in [6.45, 7) is 2.89. The Labute approximate surface area is 175 Å². The highest BCUT2D eigenvalue weighted by Gasteiger charge is 2.26. The van der Waals surface area contributed by atoms with Gasteiger partial charge in [0, 0.05) is 47.0 Å². The number of hydrogen-bond donors (Lipinski definition) is 2. The molecule has 1 aliphatic carbocycles. The van der Waals surface area contributed by atoms with Crippen LogP contribution in [0.3, 0.4) is 0 Å². The van der Waals surface area contributed by atoms with Crippen molar-refractivity contribution in [3.8, 4) is 11.5 Å². The minimum atomic E-state index is -0.715. The molecule has 2 aliphatic rings. The Morgan fingerprint density at radius 3 is 2.96 bits per heavy atom. The largest absolute Gasteiger partial charge is 0.454 e. The Bertz CT molecular complexity index is 657. The molecule has 3 unspecified atom stereocenters. The van der Waals surface area contributed by atoms with E-state index in [1.165, 1.54) is 0 Å². The molecule has 1 saturated carbocycles. The van der Waals surface area contributed by atoms with Crippen LogP contribution < -0.4 is 20.1 Å². The molecule has 0 radical (unpaired) electrons. The maximum absolute atomic E-state index is 12.1. The molecule has 26 heavy (non-hydrogen) atoms.